The van der Waals surface area contributed by atoms with E-state index in [1.54, 1.807) is 47.3 Å². The molecule has 0 atom stereocenters. The number of nitrogens with two attached hydrogens (primary N) is 1. The molecule has 0 amide bonds. The summed E-state index contributed by atoms with van der Waals surface area (Å²) in [5, 5.41) is 26.0. The molecule has 0 unspecified atom stereocenters. The Morgan fingerprint density at radius 2 is 1.37 bits per heavy atom. The van der Waals surface area contributed by atoms with Gasteiger partial charge in [-0.2, -0.15) is 15.5 Å². The molecule has 0 aliphatic carbocycles. The first-order valence-electron chi connectivity index (χ1n) is 14.9. The molecule has 2 aliphatic rings. The Morgan fingerprint density at radius 3 is 1.73 bits per heavy atom. The topological polar surface area (TPSA) is 186 Å². The van der Waals surface area contributed by atoms with Crippen LogP contribution in [-0.2, 0) is 20.0 Å². The number of guanidine groups is 1. The summed E-state index contributed by atoms with van der Waals surface area (Å²) in [7, 11) is -7.37. The Kier molecular flexibility index (Phi) is 17.8. The fourth-order valence-corrected chi connectivity index (χ4v) is 6.51. The number of thioether (sulfide) groups is 1. The quantitative estimate of drug-likeness (QED) is 0.278. The van der Waals surface area contributed by atoms with Gasteiger partial charge in [0, 0.05) is 53.3 Å². The third-order valence-electron chi connectivity index (χ3n) is 5.91. The molecule has 0 saturated heterocycles. The second-order valence-electron chi connectivity index (χ2n) is 11.6. The lowest BCUT2D eigenvalue weighted by Gasteiger charge is -2.21. The number of hydrogen-bond donors (Lipinski definition) is 2. The molecule has 49 heavy (non-hydrogen) atoms. The molecule has 0 spiro atoms. The van der Waals surface area contributed by atoms with E-state index in [0.717, 1.165) is 18.3 Å². The zero-order valence-corrected chi connectivity index (χ0v) is 32.9. The van der Waals surface area contributed by atoms with Crippen LogP contribution in [-0.4, -0.2) is 82.8 Å². The second-order valence-corrected chi connectivity index (χ2v) is 16.5. The number of hydrogen-bond acceptors (Lipinski definition) is 10. The number of primary sulfonamides is 1. The fraction of sp³-hybridized carbons (Fsp3) is 0.452. The zero-order valence-electron chi connectivity index (χ0n) is 28.9. The van der Waals surface area contributed by atoms with Crippen LogP contribution in [0.5, 0.6) is 0 Å². The summed E-state index contributed by atoms with van der Waals surface area (Å²) < 4.78 is 48.8. The van der Waals surface area contributed by atoms with E-state index in [1.807, 2.05) is 45.2 Å². The van der Waals surface area contributed by atoms with Crippen LogP contribution >= 0.6 is 35.0 Å². The average molecular weight is 775 g/mol. The average Bonchev–Trinajstić information content (AvgIpc) is 3.56. The van der Waals surface area contributed by atoms with Crippen molar-refractivity contribution in [1.82, 2.24) is 14.7 Å². The number of rotatable bonds is 5. The lowest BCUT2D eigenvalue weighted by molar-refractivity contribution is 0.379. The summed E-state index contributed by atoms with van der Waals surface area (Å²) in [5.74, 6) is 0.212. The van der Waals surface area contributed by atoms with Crippen molar-refractivity contribution < 1.29 is 16.8 Å². The van der Waals surface area contributed by atoms with Crippen molar-refractivity contribution in [2.75, 3.05) is 32.4 Å². The first-order valence-corrected chi connectivity index (χ1v) is 19.9. The molecule has 18 heteroatoms. The fourth-order valence-electron chi connectivity index (χ4n) is 3.79. The molecule has 0 saturated carbocycles. The summed E-state index contributed by atoms with van der Waals surface area (Å²) in [4.78, 5) is 8.71. The number of hydrazone groups is 2. The molecule has 2 aromatic rings. The Bertz CT molecular complexity index is 1770. The van der Waals surface area contributed by atoms with E-state index in [4.69, 9.17) is 33.6 Å². The maximum Gasteiger partial charge on any atom is 0.264 e. The number of amidine groups is 1. The van der Waals surface area contributed by atoms with Crippen molar-refractivity contribution >= 4 is 78.6 Å². The van der Waals surface area contributed by atoms with E-state index in [2.05, 4.69) is 38.8 Å². The lowest BCUT2D eigenvalue weighted by Crippen LogP contribution is -2.42. The summed E-state index contributed by atoms with van der Waals surface area (Å²) >= 11 is 13.0. The van der Waals surface area contributed by atoms with Crippen molar-refractivity contribution in [2.45, 2.75) is 58.3 Å². The molecule has 0 radical (unpaired) electrons. The Labute approximate surface area is 305 Å². The number of benzene rings is 2. The highest BCUT2D eigenvalue weighted by Crippen LogP contribution is 2.24. The van der Waals surface area contributed by atoms with Crippen LogP contribution in [0.25, 0.3) is 0 Å². The molecule has 0 fully saturated rings. The molecular weight excluding hydrogens is 730 g/mol. The minimum atomic E-state index is -3.76. The van der Waals surface area contributed by atoms with Crippen molar-refractivity contribution in [3.8, 4) is 6.07 Å². The van der Waals surface area contributed by atoms with E-state index in [0.29, 0.717) is 23.1 Å². The first kappa shape index (κ1) is 43.8. The van der Waals surface area contributed by atoms with Crippen LogP contribution in [0.3, 0.4) is 0 Å². The number of aliphatic imine (C=N–C) groups is 2. The van der Waals surface area contributed by atoms with Gasteiger partial charge in [0.05, 0.1) is 28.9 Å². The molecule has 2 aliphatic heterocycles. The molecular formula is C31H45Cl2N9O4S3. The predicted molar refractivity (Wildman–Crippen MR) is 203 cm³/mol. The van der Waals surface area contributed by atoms with Crippen molar-refractivity contribution in [3.05, 3.63) is 58.6 Å². The van der Waals surface area contributed by atoms with Crippen molar-refractivity contribution in [1.29, 1.82) is 5.26 Å². The van der Waals surface area contributed by atoms with Gasteiger partial charge >= 0.3 is 0 Å². The van der Waals surface area contributed by atoms with Crippen LogP contribution in [0.4, 0.5) is 0 Å². The third kappa shape index (κ3) is 15.9. The van der Waals surface area contributed by atoms with Gasteiger partial charge in [-0.3, -0.25) is 9.98 Å². The molecule has 4 rings (SSSR count). The van der Waals surface area contributed by atoms with Gasteiger partial charge in [0.1, 0.15) is 0 Å². The number of nitriles is 1. The molecule has 270 valence electrons. The van der Waals surface area contributed by atoms with Crippen LogP contribution in [0.2, 0.25) is 10.0 Å². The molecule has 3 N–H and O–H groups in total. The van der Waals surface area contributed by atoms with E-state index < -0.39 is 20.0 Å². The zero-order chi connectivity index (χ0) is 37.5. The van der Waals surface area contributed by atoms with Gasteiger partial charge in [-0.25, -0.2) is 36.7 Å². The van der Waals surface area contributed by atoms with Crippen molar-refractivity contribution in [2.24, 2.45) is 36.2 Å². The summed E-state index contributed by atoms with van der Waals surface area (Å²) in [6.45, 7) is 16.5. The number of nitrogens with one attached hydrogen (secondary N) is 1. The van der Waals surface area contributed by atoms with E-state index in [1.165, 1.54) is 37.3 Å². The Balaban J connectivity index is 0.000000379. The van der Waals surface area contributed by atoms with Gasteiger partial charge in [0.2, 0.25) is 16.0 Å². The Hall–Kier alpha value is -3.20. The highest BCUT2D eigenvalue weighted by Gasteiger charge is 2.30. The normalized spacial score (nSPS) is 16.4. The largest absolute Gasteiger partial charge is 0.264 e. The SMILES string of the molecule is CC#N.CCN=C(NS(=O)(=O)c1cccc(Cl)c1)N1CC(C)(C)C=N1.CCN=C(SC)N1CC(C)(C)C=N1.NS(=O)(=O)c1cccc(Cl)c1. The Morgan fingerprint density at radius 1 is 0.918 bits per heavy atom. The summed E-state index contributed by atoms with van der Waals surface area (Å²) in [6.07, 6.45) is 5.82. The maximum absolute atomic E-state index is 12.5. The minimum absolute atomic E-state index is 0.0324. The molecule has 13 nitrogen and oxygen atoms in total. The number of sulfonamides is 2. The van der Waals surface area contributed by atoms with Crippen LogP contribution in [0, 0.1) is 22.2 Å². The van der Waals surface area contributed by atoms with Crippen LogP contribution in [0.1, 0.15) is 48.5 Å². The summed E-state index contributed by atoms with van der Waals surface area (Å²) in [6, 6.07) is 13.6. The van der Waals surface area contributed by atoms with Gasteiger partial charge < -0.3 is 0 Å². The number of halogens is 2. The van der Waals surface area contributed by atoms with Crippen LogP contribution < -0.4 is 9.86 Å². The smallest absolute Gasteiger partial charge is 0.261 e. The van der Waals surface area contributed by atoms with E-state index >= 15 is 0 Å². The minimum Gasteiger partial charge on any atom is -0.261 e. The molecule has 0 aromatic heterocycles. The maximum atomic E-state index is 12.5. The monoisotopic (exact) mass is 773 g/mol. The van der Waals surface area contributed by atoms with Crippen molar-refractivity contribution in [3.63, 3.8) is 0 Å². The molecule has 2 heterocycles. The molecule has 2 aromatic carbocycles. The standard InChI is InChI=1S/C14H19ClN4O2S.C9H17N3S.C6H6ClNO2S.C2H3N/c1-4-16-13(19-10-14(2,3)9-17-19)18-22(20,21)12-7-5-6-11(15)8-12;1-5-10-8(13-4)12-7-9(2,3)6-11-12;7-5-2-1-3-6(4-5)11(8,9)10;1-2-3/h5-9H,4,10H2,1-3H3,(H,16,18);6H,5,7H2,1-4H3;1-4H,(H2,8,9,10);1H3. The van der Waals surface area contributed by atoms with E-state index in [-0.39, 0.29) is 26.6 Å². The highest BCUT2D eigenvalue weighted by atomic mass is 35.5. The highest BCUT2D eigenvalue weighted by molar-refractivity contribution is 8.13. The van der Waals surface area contributed by atoms with Gasteiger partial charge in [0.25, 0.3) is 10.0 Å². The predicted octanol–water partition coefficient (Wildman–Crippen LogP) is 5.89. The molecule has 0 bridgehead atoms. The lowest BCUT2D eigenvalue weighted by atomic mass is 9.97. The van der Waals surface area contributed by atoms with Gasteiger partial charge in [-0.05, 0) is 56.5 Å². The summed E-state index contributed by atoms with van der Waals surface area (Å²) in [5.41, 5.74) is 0.0558. The third-order valence-corrected chi connectivity index (χ3v) is 9.33. The van der Waals surface area contributed by atoms with Crippen LogP contribution in [0.15, 0.2) is 78.5 Å². The van der Waals surface area contributed by atoms with E-state index in [9.17, 15) is 16.8 Å². The van der Waals surface area contributed by atoms with Gasteiger partial charge in [-0.15, -0.1) is 0 Å². The number of nitrogens with zero attached hydrogens (tertiary/aromatic N) is 7. The second kappa shape index (κ2) is 19.9. The first-order chi connectivity index (χ1) is 22.7. The van der Waals surface area contributed by atoms with Gasteiger partial charge in [-0.1, -0.05) is 74.8 Å². The van der Waals surface area contributed by atoms with Gasteiger partial charge in [0.15, 0.2) is 5.17 Å².